The first-order chi connectivity index (χ1) is 9.65. The maximum atomic E-state index is 11.0. The zero-order valence-electron chi connectivity index (χ0n) is 11.4. The Balaban J connectivity index is 0.00000161. The van der Waals surface area contributed by atoms with Crippen molar-refractivity contribution < 1.29 is 9.90 Å². The molecule has 1 heterocycles. The van der Waals surface area contributed by atoms with E-state index in [4.69, 9.17) is 5.11 Å². The van der Waals surface area contributed by atoms with Crippen molar-refractivity contribution in [1.82, 2.24) is 9.55 Å². The zero-order chi connectivity index (χ0) is 14.1. The molecule has 4 nitrogen and oxygen atoms in total. The summed E-state index contributed by atoms with van der Waals surface area (Å²) in [4.78, 5) is 15.0. The molecule has 5 heteroatoms. The summed E-state index contributed by atoms with van der Waals surface area (Å²) in [6.45, 7) is 2.11. The first-order valence-corrected chi connectivity index (χ1v) is 6.39. The standard InChI is InChI=1S/C16H14N2O2.ClH/c1-11(18-7-6-17-10-18)12-2-3-14-9-15(16(19)20)5-4-13(14)8-12;/h2-11H,1H3,(H,19,20);1H. The van der Waals surface area contributed by atoms with Crippen LogP contribution in [0.2, 0.25) is 0 Å². The van der Waals surface area contributed by atoms with Gasteiger partial charge in [0.2, 0.25) is 0 Å². The molecular weight excluding hydrogens is 288 g/mol. The molecule has 0 fully saturated rings. The largest absolute Gasteiger partial charge is 0.478 e. The van der Waals surface area contributed by atoms with Crippen LogP contribution in [0.15, 0.2) is 55.1 Å². The predicted octanol–water partition coefficient (Wildman–Crippen LogP) is 3.77. The van der Waals surface area contributed by atoms with Crippen LogP contribution >= 0.6 is 12.4 Å². The molecular formula is C16H15ClN2O2. The Morgan fingerprint density at radius 2 is 1.90 bits per heavy atom. The minimum absolute atomic E-state index is 0. The zero-order valence-corrected chi connectivity index (χ0v) is 12.2. The van der Waals surface area contributed by atoms with Crippen LogP contribution in [-0.4, -0.2) is 20.6 Å². The van der Waals surface area contributed by atoms with Gasteiger partial charge in [-0.1, -0.05) is 18.2 Å². The smallest absolute Gasteiger partial charge is 0.335 e. The third kappa shape index (κ3) is 2.90. The molecule has 0 amide bonds. The van der Waals surface area contributed by atoms with Gasteiger partial charge in [0.05, 0.1) is 17.9 Å². The van der Waals surface area contributed by atoms with Crippen LogP contribution in [0.3, 0.4) is 0 Å². The Labute approximate surface area is 128 Å². The van der Waals surface area contributed by atoms with Gasteiger partial charge < -0.3 is 9.67 Å². The van der Waals surface area contributed by atoms with Gasteiger partial charge in [0, 0.05) is 12.4 Å². The number of imidazole rings is 1. The average molecular weight is 303 g/mol. The highest BCUT2D eigenvalue weighted by atomic mass is 35.5. The number of halogens is 1. The SMILES string of the molecule is CC(c1ccc2cc(C(=O)O)ccc2c1)n1ccnc1.Cl. The lowest BCUT2D eigenvalue weighted by atomic mass is 10.0. The number of fused-ring (bicyclic) bond motifs is 1. The average Bonchev–Trinajstić information content (AvgIpc) is 2.99. The molecule has 2 aromatic carbocycles. The summed E-state index contributed by atoms with van der Waals surface area (Å²) in [6, 6.07) is 11.5. The molecule has 0 bridgehead atoms. The van der Waals surface area contributed by atoms with E-state index in [9.17, 15) is 4.79 Å². The van der Waals surface area contributed by atoms with Gasteiger partial charge in [-0.3, -0.25) is 0 Å². The number of aromatic carboxylic acids is 1. The van der Waals surface area contributed by atoms with Crippen LogP contribution in [0.1, 0.15) is 28.9 Å². The summed E-state index contributed by atoms with van der Waals surface area (Å²) < 4.78 is 2.03. The van der Waals surface area contributed by atoms with Crippen molar-refractivity contribution in [3.8, 4) is 0 Å². The maximum absolute atomic E-state index is 11.0. The van der Waals surface area contributed by atoms with Crippen LogP contribution in [0, 0.1) is 0 Å². The molecule has 0 aliphatic rings. The van der Waals surface area contributed by atoms with Crippen molar-refractivity contribution in [2.45, 2.75) is 13.0 Å². The van der Waals surface area contributed by atoms with Crippen molar-refractivity contribution in [3.05, 3.63) is 66.2 Å². The number of aromatic nitrogens is 2. The summed E-state index contributed by atoms with van der Waals surface area (Å²) in [5.74, 6) is -0.900. The van der Waals surface area contributed by atoms with Crippen molar-refractivity contribution >= 4 is 29.1 Å². The van der Waals surface area contributed by atoms with Crippen LogP contribution in [0.5, 0.6) is 0 Å². The predicted molar refractivity (Wildman–Crippen MR) is 84.2 cm³/mol. The number of carbonyl (C=O) groups is 1. The molecule has 0 radical (unpaired) electrons. The molecule has 108 valence electrons. The van der Waals surface area contributed by atoms with E-state index in [0.29, 0.717) is 5.56 Å². The molecule has 1 unspecified atom stereocenters. The normalized spacial score (nSPS) is 11.9. The lowest BCUT2D eigenvalue weighted by molar-refractivity contribution is 0.0697. The quantitative estimate of drug-likeness (QED) is 0.801. The molecule has 0 saturated carbocycles. The third-order valence-electron chi connectivity index (χ3n) is 3.57. The molecule has 1 atom stereocenters. The van der Waals surface area contributed by atoms with E-state index in [-0.39, 0.29) is 18.4 Å². The molecule has 1 N–H and O–H groups in total. The molecule has 3 aromatic rings. The highest BCUT2D eigenvalue weighted by Gasteiger charge is 2.09. The Kier molecular flexibility index (Phi) is 4.29. The van der Waals surface area contributed by atoms with Gasteiger partial charge in [-0.05, 0) is 41.5 Å². The van der Waals surface area contributed by atoms with E-state index in [1.54, 1.807) is 24.7 Å². The first-order valence-electron chi connectivity index (χ1n) is 6.39. The van der Waals surface area contributed by atoms with Gasteiger partial charge >= 0.3 is 5.97 Å². The minimum Gasteiger partial charge on any atom is -0.478 e. The molecule has 0 aliphatic carbocycles. The van der Waals surface area contributed by atoms with Gasteiger partial charge in [0.1, 0.15) is 0 Å². The second kappa shape index (κ2) is 5.97. The highest BCUT2D eigenvalue weighted by Crippen LogP contribution is 2.23. The van der Waals surface area contributed by atoms with Crippen LogP contribution in [0.25, 0.3) is 10.8 Å². The third-order valence-corrected chi connectivity index (χ3v) is 3.57. The van der Waals surface area contributed by atoms with Crippen LogP contribution < -0.4 is 0 Å². The topological polar surface area (TPSA) is 55.1 Å². The van der Waals surface area contributed by atoms with E-state index in [1.165, 1.54) is 5.56 Å². The Bertz CT molecular complexity index is 769. The van der Waals surface area contributed by atoms with Crippen molar-refractivity contribution in [2.24, 2.45) is 0 Å². The van der Waals surface area contributed by atoms with E-state index < -0.39 is 5.97 Å². The van der Waals surface area contributed by atoms with Crippen LogP contribution in [-0.2, 0) is 0 Å². The molecule has 0 spiro atoms. The highest BCUT2D eigenvalue weighted by molar-refractivity contribution is 5.94. The first kappa shape index (κ1) is 15.1. The Hall–Kier alpha value is -2.33. The summed E-state index contributed by atoms with van der Waals surface area (Å²) >= 11 is 0. The summed E-state index contributed by atoms with van der Waals surface area (Å²) in [5, 5.41) is 11.0. The van der Waals surface area contributed by atoms with Gasteiger partial charge in [0.25, 0.3) is 0 Å². The maximum Gasteiger partial charge on any atom is 0.335 e. The Morgan fingerprint density at radius 1 is 1.19 bits per heavy atom. The van der Waals surface area contributed by atoms with E-state index in [1.807, 2.05) is 29.0 Å². The fourth-order valence-corrected chi connectivity index (χ4v) is 2.33. The number of carboxylic acids is 1. The van der Waals surface area contributed by atoms with Crippen molar-refractivity contribution in [1.29, 1.82) is 0 Å². The van der Waals surface area contributed by atoms with Crippen molar-refractivity contribution in [3.63, 3.8) is 0 Å². The van der Waals surface area contributed by atoms with E-state index in [0.717, 1.165) is 10.8 Å². The fourth-order valence-electron chi connectivity index (χ4n) is 2.33. The lowest BCUT2D eigenvalue weighted by Crippen LogP contribution is -2.04. The summed E-state index contributed by atoms with van der Waals surface area (Å²) in [7, 11) is 0. The number of nitrogens with zero attached hydrogens (tertiary/aromatic N) is 2. The summed E-state index contributed by atoms with van der Waals surface area (Å²) in [6.07, 6.45) is 5.49. The van der Waals surface area contributed by atoms with E-state index >= 15 is 0 Å². The number of carboxylic acid groups (broad SMARTS) is 1. The lowest BCUT2D eigenvalue weighted by Gasteiger charge is -2.14. The molecule has 1 aromatic heterocycles. The Morgan fingerprint density at radius 3 is 2.57 bits per heavy atom. The second-order valence-electron chi connectivity index (χ2n) is 4.81. The summed E-state index contributed by atoms with van der Waals surface area (Å²) in [5.41, 5.74) is 1.48. The fraction of sp³-hybridized carbons (Fsp3) is 0.125. The molecule has 3 rings (SSSR count). The molecule has 0 saturated heterocycles. The van der Waals surface area contributed by atoms with Gasteiger partial charge in [-0.25, -0.2) is 9.78 Å². The number of hydrogen-bond acceptors (Lipinski definition) is 2. The second-order valence-corrected chi connectivity index (χ2v) is 4.81. The van der Waals surface area contributed by atoms with Gasteiger partial charge in [-0.15, -0.1) is 12.4 Å². The number of benzene rings is 2. The van der Waals surface area contributed by atoms with Gasteiger partial charge in [0.15, 0.2) is 0 Å². The number of hydrogen-bond donors (Lipinski definition) is 1. The van der Waals surface area contributed by atoms with Crippen molar-refractivity contribution in [2.75, 3.05) is 0 Å². The minimum atomic E-state index is -0.900. The van der Waals surface area contributed by atoms with Gasteiger partial charge in [-0.2, -0.15) is 0 Å². The molecule has 0 aliphatic heterocycles. The molecule has 21 heavy (non-hydrogen) atoms. The monoisotopic (exact) mass is 302 g/mol. The number of rotatable bonds is 3. The van der Waals surface area contributed by atoms with E-state index in [2.05, 4.69) is 18.0 Å². The van der Waals surface area contributed by atoms with Crippen LogP contribution in [0.4, 0.5) is 0 Å².